The van der Waals surface area contributed by atoms with E-state index in [1.165, 1.54) is 0 Å². The SMILES string of the molecule is CC(C)N1CCCC1C(=O)Nc1cc(C(F)(F)F)ccn1. The van der Waals surface area contributed by atoms with Gasteiger partial charge in [0.05, 0.1) is 11.6 Å². The second-order valence-electron chi connectivity index (χ2n) is 5.41. The summed E-state index contributed by atoms with van der Waals surface area (Å²) in [6.45, 7) is 4.81. The lowest BCUT2D eigenvalue weighted by Gasteiger charge is -2.27. The second kappa shape index (κ2) is 6.01. The van der Waals surface area contributed by atoms with Crippen LogP contribution in [0.4, 0.5) is 19.0 Å². The summed E-state index contributed by atoms with van der Waals surface area (Å²) in [6, 6.07) is 1.65. The van der Waals surface area contributed by atoms with Crippen LogP contribution in [0.1, 0.15) is 32.3 Å². The van der Waals surface area contributed by atoms with Gasteiger partial charge in [-0.2, -0.15) is 13.2 Å². The number of hydrogen-bond acceptors (Lipinski definition) is 3. The van der Waals surface area contributed by atoms with Crippen LogP contribution in [-0.4, -0.2) is 34.4 Å². The Morgan fingerprint density at radius 2 is 2.19 bits per heavy atom. The third kappa shape index (κ3) is 3.72. The van der Waals surface area contributed by atoms with Crippen molar-refractivity contribution in [3.63, 3.8) is 0 Å². The van der Waals surface area contributed by atoms with Crippen molar-refractivity contribution in [2.75, 3.05) is 11.9 Å². The van der Waals surface area contributed by atoms with E-state index in [1.54, 1.807) is 0 Å². The third-order valence-electron chi connectivity index (χ3n) is 3.60. The molecule has 2 rings (SSSR count). The summed E-state index contributed by atoms with van der Waals surface area (Å²) < 4.78 is 37.9. The number of pyridine rings is 1. The first-order chi connectivity index (χ1) is 9.79. The van der Waals surface area contributed by atoms with Crippen LogP contribution in [0, 0.1) is 0 Å². The highest BCUT2D eigenvalue weighted by atomic mass is 19.4. The van der Waals surface area contributed by atoms with Gasteiger partial charge in [0.15, 0.2) is 0 Å². The molecule has 0 aliphatic carbocycles. The number of anilines is 1. The second-order valence-corrected chi connectivity index (χ2v) is 5.41. The van der Waals surface area contributed by atoms with Gasteiger partial charge in [0.25, 0.3) is 0 Å². The number of nitrogens with one attached hydrogen (secondary N) is 1. The Kier molecular flexibility index (Phi) is 4.51. The van der Waals surface area contributed by atoms with Gasteiger partial charge in [-0.15, -0.1) is 0 Å². The van der Waals surface area contributed by atoms with Crippen LogP contribution in [-0.2, 0) is 11.0 Å². The van der Waals surface area contributed by atoms with Crippen molar-refractivity contribution >= 4 is 11.7 Å². The lowest BCUT2D eigenvalue weighted by atomic mass is 10.2. The molecule has 1 aromatic rings. The molecule has 7 heteroatoms. The van der Waals surface area contributed by atoms with Crippen LogP contribution < -0.4 is 5.32 Å². The normalized spacial score (nSPS) is 20.0. The van der Waals surface area contributed by atoms with E-state index in [-0.39, 0.29) is 23.8 Å². The van der Waals surface area contributed by atoms with Crippen LogP contribution >= 0.6 is 0 Å². The number of nitrogens with zero attached hydrogens (tertiary/aromatic N) is 2. The maximum absolute atomic E-state index is 12.6. The standard InChI is InChI=1S/C14H18F3N3O/c1-9(2)20-7-3-4-11(20)13(21)19-12-8-10(5-6-18-12)14(15,16)17/h5-6,8-9,11H,3-4,7H2,1-2H3,(H,18,19,21). The number of aromatic nitrogens is 1. The number of carbonyl (C=O) groups is 1. The Balaban J connectivity index is 2.09. The van der Waals surface area contributed by atoms with Gasteiger partial charge in [0.1, 0.15) is 5.82 Å². The van der Waals surface area contributed by atoms with Crippen LogP contribution in [0.2, 0.25) is 0 Å². The first-order valence-electron chi connectivity index (χ1n) is 6.89. The van der Waals surface area contributed by atoms with Gasteiger partial charge in [-0.3, -0.25) is 9.69 Å². The molecule has 2 heterocycles. The topological polar surface area (TPSA) is 45.2 Å². The van der Waals surface area contributed by atoms with Gasteiger partial charge in [0, 0.05) is 12.2 Å². The minimum atomic E-state index is -4.44. The summed E-state index contributed by atoms with van der Waals surface area (Å²) in [5, 5.41) is 2.49. The quantitative estimate of drug-likeness (QED) is 0.933. The number of halogens is 3. The first kappa shape index (κ1) is 15.8. The molecular weight excluding hydrogens is 283 g/mol. The lowest BCUT2D eigenvalue weighted by Crippen LogP contribution is -2.43. The molecule has 1 unspecified atom stereocenters. The van der Waals surface area contributed by atoms with Gasteiger partial charge < -0.3 is 5.32 Å². The van der Waals surface area contributed by atoms with E-state index in [4.69, 9.17) is 0 Å². The zero-order valence-electron chi connectivity index (χ0n) is 11.9. The molecule has 1 saturated heterocycles. The summed E-state index contributed by atoms with van der Waals surface area (Å²) >= 11 is 0. The van der Waals surface area contributed by atoms with Crippen molar-refractivity contribution in [3.05, 3.63) is 23.9 Å². The highest BCUT2D eigenvalue weighted by Gasteiger charge is 2.33. The minimum absolute atomic E-state index is 0.0644. The van der Waals surface area contributed by atoms with E-state index >= 15 is 0 Å². The average molecular weight is 301 g/mol. The smallest absolute Gasteiger partial charge is 0.309 e. The van der Waals surface area contributed by atoms with Crippen molar-refractivity contribution in [1.82, 2.24) is 9.88 Å². The Morgan fingerprint density at radius 1 is 1.48 bits per heavy atom. The van der Waals surface area contributed by atoms with E-state index in [1.807, 2.05) is 18.7 Å². The van der Waals surface area contributed by atoms with E-state index in [9.17, 15) is 18.0 Å². The molecule has 1 fully saturated rings. The third-order valence-corrected chi connectivity index (χ3v) is 3.60. The number of hydrogen-bond donors (Lipinski definition) is 1. The predicted molar refractivity (Wildman–Crippen MR) is 72.7 cm³/mol. The number of carbonyl (C=O) groups excluding carboxylic acids is 1. The Morgan fingerprint density at radius 3 is 2.81 bits per heavy atom. The van der Waals surface area contributed by atoms with Gasteiger partial charge in [-0.25, -0.2) is 4.98 Å². The van der Waals surface area contributed by atoms with Crippen LogP contribution in [0.5, 0.6) is 0 Å². The van der Waals surface area contributed by atoms with Crippen molar-refractivity contribution in [1.29, 1.82) is 0 Å². The summed E-state index contributed by atoms with van der Waals surface area (Å²) in [5.74, 6) is -0.363. The maximum Gasteiger partial charge on any atom is 0.416 e. The molecular formula is C14H18F3N3O. The lowest BCUT2D eigenvalue weighted by molar-refractivity contribution is -0.137. The molecule has 0 radical (unpaired) electrons. The fraction of sp³-hybridized carbons (Fsp3) is 0.571. The number of likely N-dealkylation sites (tertiary alicyclic amines) is 1. The van der Waals surface area contributed by atoms with Crippen molar-refractivity contribution in [2.24, 2.45) is 0 Å². The number of alkyl halides is 3. The van der Waals surface area contributed by atoms with Gasteiger partial charge in [0.2, 0.25) is 5.91 Å². The highest BCUT2D eigenvalue weighted by Crippen LogP contribution is 2.30. The Labute approximate surface area is 121 Å². The van der Waals surface area contributed by atoms with Crippen LogP contribution in [0.15, 0.2) is 18.3 Å². The van der Waals surface area contributed by atoms with Crippen LogP contribution in [0.25, 0.3) is 0 Å². The van der Waals surface area contributed by atoms with Crippen molar-refractivity contribution < 1.29 is 18.0 Å². The Hall–Kier alpha value is -1.63. The maximum atomic E-state index is 12.6. The molecule has 21 heavy (non-hydrogen) atoms. The zero-order chi connectivity index (χ0) is 15.6. The van der Waals surface area contributed by atoms with E-state index in [0.717, 1.165) is 31.3 Å². The molecule has 1 aromatic heterocycles. The fourth-order valence-electron chi connectivity index (χ4n) is 2.57. The number of rotatable bonds is 3. The molecule has 1 amide bonds. The molecule has 116 valence electrons. The summed E-state index contributed by atoms with van der Waals surface area (Å²) in [5.41, 5.74) is -0.820. The average Bonchev–Trinajstić information content (AvgIpc) is 2.87. The molecule has 0 saturated carbocycles. The summed E-state index contributed by atoms with van der Waals surface area (Å²) in [7, 11) is 0. The molecule has 0 bridgehead atoms. The minimum Gasteiger partial charge on any atom is -0.309 e. The van der Waals surface area contributed by atoms with E-state index in [0.29, 0.717) is 6.42 Å². The highest BCUT2D eigenvalue weighted by molar-refractivity contribution is 5.94. The van der Waals surface area contributed by atoms with Gasteiger partial charge >= 0.3 is 6.18 Å². The predicted octanol–water partition coefficient (Wildman–Crippen LogP) is 2.91. The monoisotopic (exact) mass is 301 g/mol. The van der Waals surface area contributed by atoms with Crippen molar-refractivity contribution in [2.45, 2.75) is 44.9 Å². The summed E-state index contributed by atoms with van der Waals surface area (Å²) in [6.07, 6.45) is -1.78. The van der Waals surface area contributed by atoms with Gasteiger partial charge in [-0.05, 0) is 45.4 Å². The van der Waals surface area contributed by atoms with Crippen molar-refractivity contribution in [3.8, 4) is 0 Å². The molecule has 0 spiro atoms. The first-order valence-corrected chi connectivity index (χ1v) is 6.89. The largest absolute Gasteiger partial charge is 0.416 e. The molecule has 1 aliphatic rings. The zero-order valence-corrected chi connectivity index (χ0v) is 11.9. The Bertz CT molecular complexity index is 516. The molecule has 1 atom stereocenters. The fourth-order valence-corrected chi connectivity index (χ4v) is 2.57. The molecule has 0 aromatic carbocycles. The van der Waals surface area contributed by atoms with E-state index < -0.39 is 11.7 Å². The van der Waals surface area contributed by atoms with Crippen LogP contribution in [0.3, 0.4) is 0 Å². The number of amides is 1. The molecule has 1 aliphatic heterocycles. The summed E-state index contributed by atoms with van der Waals surface area (Å²) in [4.78, 5) is 18.0. The van der Waals surface area contributed by atoms with E-state index in [2.05, 4.69) is 10.3 Å². The molecule has 1 N–H and O–H groups in total. The van der Waals surface area contributed by atoms with Gasteiger partial charge in [-0.1, -0.05) is 0 Å². The molecule has 4 nitrogen and oxygen atoms in total.